The number of nitrogens with one attached hydrogen (secondary N) is 1. The number of esters is 2. The van der Waals surface area contributed by atoms with Crippen molar-refractivity contribution in [3.8, 4) is 11.5 Å². The normalized spacial score (nSPS) is 10.2. The first kappa shape index (κ1) is 21.7. The third-order valence-corrected chi connectivity index (χ3v) is 3.94. The molecule has 0 saturated heterocycles. The first-order chi connectivity index (χ1) is 13.8. The van der Waals surface area contributed by atoms with Gasteiger partial charge in [0.15, 0.2) is 18.1 Å². The van der Waals surface area contributed by atoms with Gasteiger partial charge in [-0.05, 0) is 32.0 Å². The van der Waals surface area contributed by atoms with Gasteiger partial charge in [-0.15, -0.1) is 0 Å². The number of ether oxygens (including phenoxy) is 4. The van der Waals surface area contributed by atoms with Crippen molar-refractivity contribution in [3.05, 3.63) is 40.8 Å². The van der Waals surface area contributed by atoms with E-state index in [2.05, 4.69) is 15.2 Å². The fourth-order valence-electron chi connectivity index (χ4n) is 2.28. The molecular weight excluding hydrogens is 384 g/mol. The van der Waals surface area contributed by atoms with E-state index in [4.69, 9.17) is 18.7 Å². The second-order valence-corrected chi connectivity index (χ2v) is 5.89. The minimum atomic E-state index is -0.728. The Morgan fingerprint density at radius 1 is 1.14 bits per heavy atom. The average molecular weight is 406 g/mol. The predicted molar refractivity (Wildman–Crippen MR) is 98.6 cm³/mol. The molecule has 10 nitrogen and oxygen atoms in total. The Kier molecular flexibility index (Phi) is 7.58. The maximum absolute atomic E-state index is 12.1. The Morgan fingerprint density at radius 3 is 2.52 bits per heavy atom. The van der Waals surface area contributed by atoms with Gasteiger partial charge in [-0.3, -0.25) is 9.59 Å². The molecule has 2 rings (SSSR count). The van der Waals surface area contributed by atoms with E-state index in [9.17, 15) is 14.4 Å². The maximum Gasteiger partial charge on any atom is 0.338 e. The second-order valence-electron chi connectivity index (χ2n) is 5.89. The van der Waals surface area contributed by atoms with E-state index in [0.29, 0.717) is 17.3 Å². The second kappa shape index (κ2) is 10.1. The molecule has 0 radical (unpaired) electrons. The molecule has 0 bridgehead atoms. The Labute approximate surface area is 167 Å². The van der Waals surface area contributed by atoms with Crippen LogP contribution in [0.4, 0.5) is 0 Å². The van der Waals surface area contributed by atoms with E-state index in [1.54, 1.807) is 13.0 Å². The van der Waals surface area contributed by atoms with Crippen molar-refractivity contribution in [1.29, 1.82) is 0 Å². The van der Waals surface area contributed by atoms with Gasteiger partial charge in [-0.25, -0.2) is 4.79 Å². The van der Waals surface area contributed by atoms with Crippen LogP contribution in [0.15, 0.2) is 22.7 Å². The van der Waals surface area contributed by atoms with Crippen LogP contribution in [-0.2, 0) is 25.7 Å². The zero-order valence-electron chi connectivity index (χ0n) is 16.6. The van der Waals surface area contributed by atoms with Gasteiger partial charge in [-0.1, -0.05) is 5.16 Å². The lowest BCUT2D eigenvalue weighted by Gasteiger charge is -2.12. The van der Waals surface area contributed by atoms with Crippen LogP contribution in [0.2, 0.25) is 0 Å². The molecule has 0 unspecified atom stereocenters. The highest BCUT2D eigenvalue weighted by molar-refractivity contribution is 5.92. The lowest BCUT2D eigenvalue weighted by molar-refractivity contribution is -0.141. The number of hydrogen-bond acceptors (Lipinski definition) is 9. The van der Waals surface area contributed by atoms with E-state index in [1.165, 1.54) is 26.4 Å². The molecule has 1 amide bonds. The molecule has 156 valence electrons. The number of hydrogen-bond donors (Lipinski definition) is 1. The number of carbonyl (C=O) groups excluding carboxylic acids is 3. The molecule has 0 aliphatic heterocycles. The van der Waals surface area contributed by atoms with Crippen molar-refractivity contribution >= 4 is 17.8 Å². The van der Waals surface area contributed by atoms with E-state index in [-0.39, 0.29) is 18.7 Å². The van der Waals surface area contributed by atoms with Gasteiger partial charge < -0.3 is 28.8 Å². The van der Waals surface area contributed by atoms with Crippen molar-refractivity contribution in [3.63, 3.8) is 0 Å². The summed E-state index contributed by atoms with van der Waals surface area (Å²) in [6, 6.07) is 4.49. The van der Waals surface area contributed by atoms with E-state index in [1.807, 2.05) is 6.92 Å². The number of amides is 1. The van der Waals surface area contributed by atoms with Crippen LogP contribution in [-0.4, -0.2) is 50.4 Å². The summed E-state index contributed by atoms with van der Waals surface area (Å²) in [6.07, 6.45) is 0. The minimum absolute atomic E-state index is 0.173. The van der Waals surface area contributed by atoms with Gasteiger partial charge in [0.1, 0.15) is 18.9 Å². The molecule has 2 aromatic rings. The molecule has 0 aliphatic rings. The highest BCUT2D eigenvalue weighted by Crippen LogP contribution is 2.29. The number of benzene rings is 1. The zero-order valence-corrected chi connectivity index (χ0v) is 16.6. The number of rotatable bonds is 9. The number of aromatic nitrogens is 1. The Balaban J connectivity index is 1.95. The third-order valence-electron chi connectivity index (χ3n) is 3.94. The molecule has 0 fully saturated rings. The van der Waals surface area contributed by atoms with Gasteiger partial charge in [-0.2, -0.15) is 0 Å². The van der Waals surface area contributed by atoms with Crippen molar-refractivity contribution in [2.45, 2.75) is 20.5 Å². The molecule has 10 heteroatoms. The summed E-state index contributed by atoms with van der Waals surface area (Å²) in [4.78, 5) is 34.7. The largest absolute Gasteiger partial charge is 0.493 e. The molecule has 29 heavy (non-hydrogen) atoms. The van der Waals surface area contributed by atoms with Crippen molar-refractivity contribution in [2.24, 2.45) is 0 Å². The van der Waals surface area contributed by atoms with Gasteiger partial charge in [0, 0.05) is 0 Å². The molecular formula is C19H22N2O8. The molecule has 0 saturated carbocycles. The highest BCUT2D eigenvalue weighted by atomic mass is 16.5. The van der Waals surface area contributed by atoms with Gasteiger partial charge in [0.05, 0.1) is 31.0 Å². The number of nitrogens with zero attached hydrogens (tertiary/aromatic N) is 1. The van der Waals surface area contributed by atoms with E-state index >= 15 is 0 Å². The molecule has 0 spiro atoms. The fraction of sp³-hybridized carbons (Fsp3) is 0.368. The third kappa shape index (κ3) is 5.96. The van der Waals surface area contributed by atoms with Crippen LogP contribution in [0.3, 0.4) is 0 Å². The van der Waals surface area contributed by atoms with Crippen molar-refractivity contribution < 1.29 is 37.9 Å². The summed E-state index contributed by atoms with van der Waals surface area (Å²) in [5, 5.41) is 6.13. The molecule has 1 aromatic carbocycles. The van der Waals surface area contributed by atoms with E-state index in [0.717, 1.165) is 11.3 Å². The maximum atomic E-state index is 12.1. The highest BCUT2D eigenvalue weighted by Gasteiger charge is 2.16. The predicted octanol–water partition coefficient (Wildman–Crippen LogP) is 1.33. The first-order valence-electron chi connectivity index (χ1n) is 8.59. The van der Waals surface area contributed by atoms with E-state index < -0.39 is 24.5 Å². The standard InChI is InChI=1S/C19H22N2O8/c1-11-14(12(2)29-21-11)9-27-15-6-5-13(7-16(15)25-3)19(24)28-10-17(22)20-8-18(23)26-4/h5-7H,8-10H2,1-4H3,(H,20,22). The fourth-order valence-corrected chi connectivity index (χ4v) is 2.28. The van der Waals surface area contributed by atoms with Gasteiger partial charge in [0.25, 0.3) is 5.91 Å². The van der Waals surface area contributed by atoms with Crippen molar-refractivity contribution in [2.75, 3.05) is 27.4 Å². The Morgan fingerprint density at radius 2 is 1.90 bits per heavy atom. The smallest absolute Gasteiger partial charge is 0.338 e. The summed E-state index contributed by atoms with van der Waals surface area (Å²) in [7, 11) is 2.64. The number of methoxy groups -OCH3 is 2. The lowest BCUT2D eigenvalue weighted by Crippen LogP contribution is -2.33. The first-order valence-corrected chi connectivity index (χ1v) is 8.59. The van der Waals surface area contributed by atoms with Crippen LogP contribution < -0.4 is 14.8 Å². The SMILES string of the molecule is COC(=O)CNC(=O)COC(=O)c1ccc(OCc2c(C)noc2C)c(OC)c1. The minimum Gasteiger partial charge on any atom is -0.493 e. The summed E-state index contributed by atoms with van der Waals surface area (Å²) < 4.78 is 25.4. The molecule has 0 atom stereocenters. The summed E-state index contributed by atoms with van der Waals surface area (Å²) >= 11 is 0. The molecule has 1 N–H and O–H groups in total. The summed E-state index contributed by atoms with van der Waals surface area (Å²) in [5.74, 6) is -0.570. The van der Waals surface area contributed by atoms with Crippen LogP contribution in [0.1, 0.15) is 27.4 Å². The molecule has 1 aromatic heterocycles. The summed E-state index contributed by atoms with van der Waals surface area (Å²) in [5.41, 5.74) is 1.73. The quantitative estimate of drug-likeness (QED) is 0.614. The molecule has 1 heterocycles. The number of carbonyl (C=O) groups is 3. The van der Waals surface area contributed by atoms with Crippen LogP contribution in [0, 0.1) is 13.8 Å². The number of aryl methyl sites for hydroxylation is 2. The zero-order chi connectivity index (χ0) is 21.4. The lowest BCUT2D eigenvalue weighted by atomic mass is 10.2. The average Bonchev–Trinajstić information content (AvgIpc) is 3.05. The van der Waals surface area contributed by atoms with Gasteiger partial charge >= 0.3 is 11.9 Å². The molecule has 0 aliphatic carbocycles. The monoisotopic (exact) mass is 406 g/mol. The van der Waals surface area contributed by atoms with Crippen LogP contribution in [0.25, 0.3) is 0 Å². The van der Waals surface area contributed by atoms with Gasteiger partial charge in [0.2, 0.25) is 0 Å². The van der Waals surface area contributed by atoms with Crippen molar-refractivity contribution in [1.82, 2.24) is 10.5 Å². The Hall–Kier alpha value is -3.56. The topological polar surface area (TPSA) is 126 Å². The van der Waals surface area contributed by atoms with Crippen LogP contribution >= 0.6 is 0 Å². The van der Waals surface area contributed by atoms with Crippen LogP contribution in [0.5, 0.6) is 11.5 Å². The Bertz CT molecular complexity index is 871. The summed E-state index contributed by atoms with van der Waals surface area (Å²) in [6.45, 7) is 2.98.